The zero-order valence-corrected chi connectivity index (χ0v) is 23.8. The Balaban J connectivity index is 1.43. The number of benzene rings is 3. The van der Waals surface area contributed by atoms with E-state index in [1.165, 1.54) is 18.0 Å². The number of pyridine rings is 1. The minimum atomic E-state index is -0.492. The highest BCUT2D eigenvalue weighted by Gasteiger charge is 2.17. The van der Waals surface area contributed by atoms with Crippen molar-refractivity contribution >= 4 is 58.7 Å². The van der Waals surface area contributed by atoms with E-state index in [0.29, 0.717) is 33.4 Å². The summed E-state index contributed by atoms with van der Waals surface area (Å²) in [6.07, 6.45) is 3.06. The molecule has 0 radical (unpaired) electrons. The molecule has 0 saturated heterocycles. The summed E-state index contributed by atoms with van der Waals surface area (Å²) < 4.78 is 5.20. The molecule has 4 rings (SSSR count). The first-order valence-electron chi connectivity index (χ1n) is 12.5. The quantitative estimate of drug-likeness (QED) is 0.149. The van der Waals surface area contributed by atoms with Crippen molar-refractivity contribution in [2.24, 2.45) is 0 Å². The van der Waals surface area contributed by atoms with Gasteiger partial charge in [-0.1, -0.05) is 41.9 Å². The third kappa shape index (κ3) is 8.69. The molecule has 208 valence electrons. The van der Waals surface area contributed by atoms with Gasteiger partial charge in [-0.05, 0) is 79.2 Å². The number of hydrogen-bond donors (Lipinski definition) is 3. The van der Waals surface area contributed by atoms with Crippen LogP contribution in [0.1, 0.15) is 22.8 Å². The predicted molar refractivity (Wildman–Crippen MR) is 163 cm³/mol. The monoisotopic (exact) mass is 586 g/mol. The summed E-state index contributed by atoms with van der Waals surface area (Å²) in [7, 11) is 1.57. The van der Waals surface area contributed by atoms with E-state index >= 15 is 0 Å². The first-order chi connectivity index (χ1) is 19.8. The molecule has 0 spiro atoms. The lowest BCUT2D eigenvalue weighted by molar-refractivity contribution is -0.115. The van der Waals surface area contributed by atoms with E-state index in [1.807, 2.05) is 6.07 Å². The summed E-state index contributed by atoms with van der Waals surface area (Å²) in [5, 5.41) is 8.39. The molecule has 0 saturated carbocycles. The SMILES string of the molecule is COc1ccc(/C=C(\NC(=O)c2ccccc2)C(=O)Nc2ccc(SC(C)C(=O)Nc3ccc(Cl)cn3)cc2)cc1. The van der Waals surface area contributed by atoms with E-state index in [2.05, 4.69) is 20.9 Å². The Labute approximate surface area is 247 Å². The number of nitrogens with zero attached hydrogens (tertiary/aromatic N) is 1. The Morgan fingerprint density at radius 1 is 0.902 bits per heavy atom. The lowest BCUT2D eigenvalue weighted by Crippen LogP contribution is -2.30. The van der Waals surface area contributed by atoms with E-state index in [9.17, 15) is 14.4 Å². The Hall–Kier alpha value is -4.60. The maximum absolute atomic E-state index is 13.3. The second-order valence-corrected chi connectivity index (χ2v) is 10.6. The Bertz CT molecular complexity index is 1530. The molecule has 1 unspecified atom stereocenters. The Kier molecular flexibility index (Phi) is 10.1. The number of ether oxygens (including phenoxy) is 1. The fraction of sp³-hybridized carbons (Fsp3) is 0.0968. The topological polar surface area (TPSA) is 109 Å². The molecule has 0 aliphatic rings. The Morgan fingerprint density at radius 3 is 2.24 bits per heavy atom. The van der Waals surface area contributed by atoms with Gasteiger partial charge in [-0.2, -0.15) is 0 Å². The molecule has 3 amide bonds. The summed E-state index contributed by atoms with van der Waals surface area (Å²) in [6, 6.07) is 26.1. The lowest BCUT2D eigenvalue weighted by Gasteiger charge is -2.13. The molecule has 1 aromatic heterocycles. The van der Waals surface area contributed by atoms with Gasteiger partial charge in [0.1, 0.15) is 17.3 Å². The molecule has 1 atom stereocenters. The van der Waals surface area contributed by atoms with Crippen molar-refractivity contribution in [2.75, 3.05) is 17.7 Å². The van der Waals surface area contributed by atoms with Crippen LogP contribution in [0.5, 0.6) is 5.75 Å². The van der Waals surface area contributed by atoms with Gasteiger partial charge < -0.3 is 20.7 Å². The smallest absolute Gasteiger partial charge is 0.272 e. The number of amides is 3. The average molecular weight is 587 g/mol. The number of aromatic nitrogens is 1. The number of hydrogen-bond acceptors (Lipinski definition) is 6. The van der Waals surface area contributed by atoms with Gasteiger partial charge in [-0.15, -0.1) is 11.8 Å². The third-order valence-corrected chi connectivity index (χ3v) is 7.06. The van der Waals surface area contributed by atoms with Gasteiger partial charge in [0.2, 0.25) is 5.91 Å². The highest BCUT2D eigenvalue weighted by Crippen LogP contribution is 2.26. The highest BCUT2D eigenvalue weighted by atomic mass is 35.5. The minimum absolute atomic E-state index is 0.0728. The molecule has 0 bridgehead atoms. The standard InChI is InChI=1S/C31H27ClN4O4S/c1-20(29(37)36-28-17-10-23(32)19-33-28)41-26-15-11-24(12-16-26)34-31(39)27(18-21-8-13-25(40-2)14-9-21)35-30(38)22-6-4-3-5-7-22/h3-20H,1-2H3,(H,34,39)(H,35,38)(H,33,36,37)/b27-18-. The molecule has 3 aromatic carbocycles. The van der Waals surface area contributed by atoms with Crippen LogP contribution >= 0.6 is 23.4 Å². The first-order valence-corrected chi connectivity index (χ1v) is 13.8. The lowest BCUT2D eigenvalue weighted by atomic mass is 10.1. The van der Waals surface area contributed by atoms with Crippen LogP contribution in [0.15, 0.2) is 108 Å². The van der Waals surface area contributed by atoms with Crippen LogP contribution in [0, 0.1) is 0 Å². The number of thioether (sulfide) groups is 1. The van der Waals surface area contributed by atoms with Crippen molar-refractivity contribution < 1.29 is 19.1 Å². The van der Waals surface area contributed by atoms with Crippen molar-refractivity contribution in [1.29, 1.82) is 0 Å². The highest BCUT2D eigenvalue weighted by molar-refractivity contribution is 8.00. The summed E-state index contributed by atoms with van der Waals surface area (Å²) in [5.41, 5.74) is 1.73. The van der Waals surface area contributed by atoms with Gasteiger partial charge in [0, 0.05) is 22.3 Å². The van der Waals surface area contributed by atoms with Gasteiger partial charge in [0.15, 0.2) is 0 Å². The van der Waals surface area contributed by atoms with Gasteiger partial charge in [-0.25, -0.2) is 4.98 Å². The maximum atomic E-state index is 13.3. The van der Waals surface area contributed by atoms with E-state index in [1.54, 1.807) is 105 Å². The van der Waals surface area contributed by atoms with Crippen molar-refractivity contribution in [1.82, 2.24) is 10.3 Å². The predicted octanol–water partition coefficient (Wildman–Crippen LogP) is 6.27. The number of anilines is 2. The molecular weight excluding hydrogens is 560 g/mol. The van der Waals surface area contributed by atoms with E-state index in [0.717, 1.165) is 4.90 Å². The van der Waals surface area contributed by atoms with Gasteiger partial charge >= 0.3 is 0 Å². The molecule has 41 heavy (non-hydrogen) atoms. The van der Waals surface area contributed by atoms with E-state index < -0.39 is 17.1 Å². The summed E-state index contributed by atoms with van der Waals surface area (Å²) in [4.78, 5) is 43.6. The molecule has 0 aliphatic carbocycles. The number of nitrogens with one attached hydrogen (secondary N) is 3. The van der Waals surface area contributed by atoms with Crippen LogP contribution in [-0.2, 0) is 9.59 Å². The second kappa shape index (κ2) is 14.2. The number of carbonyl (C=O) groups is 3. The van der Waals surface area contributed by atoms with Gasteiger partial charge in [0.05, 0.1) is 17.4 Å². The van der Waals surface area contributed by atoms with E-state index in [4.69, 9.17) is 16.3 Å². The van der Waals surface area contributed by atoms with Gasteiger partial charge in [0.25, 0.3) is 11.8 Å². The average Bonchev–Trinajstić information content (AvgIpc) is 2.99. The zero-order valence-electron chi connectivity index (χ0n) is 22.3. The number of rotatable bonds is 10. The fourth-order valence-corrected chi connectivity index (χ4v) is 4.54. The van der Waals surface area contributed by atoms with Crippen LogP contribution in [0.4, 0.5) is 11.5 Å². The van der Waals surface area contributed by atoms with Crippen molar-refractivity contribution in [3.05, 3.63) is 119 Å². The molecule has 1 heterocycles. The molecule has 8 nitrogen and oxygen atoms in total. The molecule has 0 aliphatic heterocycles. The number of halogens is 1. The zero-order chi connectivity index (χ0) is 29.2. The van der Waals surface area contributed by atoms with Gasteiger partial charge in [-0.3, -0.25) is 14.4 Å². The van der Waals surface area contributed by atoms with Crippen molar-refractivity contribution in [3.8, 4) is 5.75 Å². The van der Waals surface area contributed by atoms with E-state index in [-0.39, 0.29) is 11.6 Å². The van der Waals surface area contributed by atoms with Crippen LogP contribution in [0.3, 0.4) is 0 Å². The molecule has 4 aromatic rings. The summed E-state index contributed by atoms with van der Waals surface area (Å²) in [5.74, 6) is -0.0117. The van der Waals surface area contributed by atoms with Crippen LogP contribution in [0.25, 0.3) is 6.08 Å². The number of methoxy groups -OCH3 is 1. The molecule has 0 fully saturated rings. The normalized spacial score (nSPS) is 11.7. The van der Waals surface area contributed by atoms with Crippen molar-refractivity contribution in [2.45, 2.75) is 17.1 Å². The van der Waals surface area contributed by atoms with Crippen LogP contribution in [0.2, 0.25) is 5.02 Å². The fourth-order valence-electron chi connectivity index (χ4n) is 3.56. The number of carbonyl (C=O) groups excluding carboxylic acids is 3. The largest absolute Gasteiger partial charge is 0.497 e. The van der Waals surface area contributed by atoms with Crippen molar-refractivity contribution in [3.63, 3.8) is 0 Å². The summed E-state index contributed by atoms with van der Waals surface area (Å²) in [6.45, 7) is 1.79. The second-order valence-electron chi connectivity index (χ2n) is 8.74. The minimum Gasteiger partial charge on any atom is -0.497 e. The Morgan fingerprint density at radius 2 is 1.61 bits per heavy atom. The van der Waals surface area contributed by atoms with Crippen LogP contribution < -0.4 is 20.7 Å². The third-order valence-electron chi connectivity index (χ3n) is 5.73. The molecular formula is C31H27ClN4O4S. The molecule has 3 N–H and O–H groups in total. The van der Waals surface area contributed by atoms with Crippen LogP contribution in [-0.4, -0.2) is 35.1 Å². The first kappa shape index (κ1) is 29.4. The maximum Gasteiger partial charge on any atom is 0.272 e. The molecule has 10 heteroatoms. The summed E-state index contributed by atoms with van der Waals surface area (Å²) >= 11 is 7.20.